The molecule has 1 heterocycles. The highest BCUT2D eigenvalue weighted by atomic mass is 19.4. The maximum absolute atomic E-state index is 13.1. The molecular weight excluding hydrogens is 287 g/mol. The van der Waals surface area contributed by atoms with Gasteiger partial charge in [-0.2, -0.15) is 13.2 Å². The zero-order chi connectivity index (χ0) is 15.4. The van der Waals surface area contributed by atoms with E-state index in [2.05, 4.69) is 0 Å². The highest BCUT2D eigenvalue weighted by Gasteiger charge is 2.65. The summed E-state index contributed by atoms with van der Waals surface area (Å²) >= 11 is 0. The van der Waals surface area contributed by atoms with E-state index in [0.717, 1.165) is 30.6 Å². The summed E-state index contributed by atoms with van der Waals surface area (Å²) < 4.78 is 39.4. The molecule has 0 aromatic carbocycles. The van der Waals surface area contributed by atoms with Gasteiger partial charge in [0.05, 0.1) is 0 Å². The molecular formula is C14H18F3NO3. The Hall–Kier alpha value is -1.27. The predicted octanol–water partition coefficient (Wildman–Crippen LogP) is 2.29. The molecule has 7 heteroatoms. The third kappa shape index (κ3) is 2.40. The van der Waals surface area contributed by atoms with Crippen LogP contribution in [-0.2, 0) is 9.59 Å². The zero-order valence-electron chi connectivity index (χ0n) is 11.5. The number of hydrogen-bond acceptors (Lipinski definition) is 2. The van der Waals surface area contributed by atoms with Gasteiger partial charge in [-0.1, -0.05) is 0 Å². The molecule has 2 aliphatic carbocycles. The number of carbonyl (C=O) groups excluding carboxylic acids is 1. The average molecular weight is 305 g/mol. The molecule has 21 heavy (non-hydrogen) atoms. The summed E-state index contributed by atoms with van der Waals surface area (Å²) in [5, 5.41) is 9.02. The molecule has 1 unspecified atom stereocenters. The summed E-state index contributed by atoms with van der Waals surface area (Å²) in [6.45, 7) is -0.846. The van der Waals surface area contributed by atoms with Gasteiger partial charge in [-0.3, -0.25) is 9.59 Å². The number of rotatable bonds is 4. The van der Waals surface area contributed by atoms with Crippen LogP contribution in [0.2, 0.25) is 0 Å². The van der Waals surface area contributed by atoms with E-state index in [0.29, 0.717) is 11.8 Å². The van der Waals surface area contributed by atoms with E-state index in [1.165, 1.54) is 0 Å². The number of carbonyl (C=O) groups is 2. The van der Waals surface area contributed by atoms with Crippen LogP contribution in [0.1, 0.15) is 32.1 Å². The largest absolute Gasteiger partial charge is 0.481 e. The Morgan fingerprint density at radius 2 is 1.67 bits per heavy atom. The standard InChI is InChI=1S/C14H18F3NO3/c15-14(16,17)13(12(20)21)5-6-18(7-13)11(19)10(8-1-2-8)9-3-4-9/h8-10H,1-7H2,(H,20,21). The minimum Gasteiger partial charge on any atom is -0.481 e. The predicted molar refractivity (Wildman–Crippen MR) is 66.3 cm³/mol. The van der Waals surface area contributed by atoms with Crippen molar-refractivity contribution in [2.24, 2.45) is 23.2 Å². The van der Waals surface area contributed by atoms with Crippen molar-refractivity contribution in [2.75, 3.05) is 13.1 Å². The van der Waals surface area contributed by atoms with Crippen LogP contribution in [0.15, 0.2) is 0 Å². The molecule has 3 fully saturated rings. The van der Waals surface area contributed by atoms with Crippen molar-refractivity contribution in [2.45, 2.75) is 38.3 Å². The molecule has 3 aliphatic rings. The van der Waals surface area contributed by atoms with E-state index in [1.54, 1.807) is 0 Å². The molecule has 1 N–H and O–H groups in total. The van der Waals surface area contributed by atoms with Crippen LogP contribution in [-0.4, -0.2) is 41.1 Å². The van der Waals surface area contributed by atoms with Gasteiger partial charge in [-0.05, 0) is 43.9 Å². The lowest BCUT2D eigenvalue weighted by Crippen LogP contribution is -2.48. The third-order valence-corrected chi connectivity index (χ3v) is 5.08. The second-order valence-electron chi connectivity index (χ2n) is 6.60. The number of carboxylic acids is 1. The lowest BCUT2D eigenvalue weighted by Gasteiger charge is -2.28. The Bertz CT molecular complexity index is 459. The first-order chi connectivity index (χ1) is 9.76. The number of aliphatic carboxylic acids is 1. The van der Waals surface area contributed by atoms with Crippen LogP contribution in [0.25, 0.3) is 0 Å². The van der Waals surface area contributed by atoms with Crippen molar-refractivity contribution in [1.29, 1.82) is 0 Å². The van der Waals surface area contributed by atoms with Crippen molar-refractivity contribution < 1.29 is 27.9 Å². The minimum atomic E-state index is -4.83. The first-order valence-corrected chi connectivity index (χ1v) is 7.35. The zero-order valence-corrected chi connectivity index (χ0v) is 11.5. The average Bonchev–Trinajstić information content (AvgIpc) is 3.29. The maximum Gasteiger partial charge on any atom is 0.406 e. The van der Waals surface area contributed by atoms with Gasteiger partial charge >= 0.3 is 12.1 Å². The van der Waals surface area contributed by atoms with Crippen molar-refractivity contribution in [1.82, 2.24) is 4.90 Å². The van der Waals surface area contributed by atoms with Gasteiger partial charge in [0.25, 0.3) is 0 Å². The number of amides is 1. The second kappa shape index (κ2) is 4.61. The quantitative estimate of drug-likeness (QED) is 0.867. The fourth-order valence-electron chi connectivity index (χ4n) is 3.43. The Kier molecular flexibility index (Phi) is 3.22. The van der Waals surface area contributed by atoms with Crippen LogP contribution in [0.5, 0.6) is 0 Å². The topological polar surface area (TPSA) is 57.6 Å². The molecule has 0 radical (unpaired) electrons. The molecule has 1 aliphatic heterocycles. The van der Waals surface area contributed by atoms with Gasteiger partial charge in [-0.25, -0.2) is 0 Å². The third-order valence-electron chi connectivity index (χ3n) is 5.08. The summed E-state index contributed by atoms with van der Waals surface area (Å²) in [5.74, 6) is -1.71. The SMILES string of the molecule is O=C(C(C1CC1)C1CC1)N1CCC(C(=O)O)(C(F)(F)F)C1. The molecule has 1 amide bonds. The van der Waals surface area contributed by atoms with Gasteiger partial charge in [0.15, 0.2) is 5.41 Å². The highest BCUT2D eigenvalue weighted by Crippen LogP contribution is 2.52. The number of nitrogens with zero attached hydrogens (tertiary/aromatic N) is 1. The fourth-order valence-corrected chi connectivity index (χ4v) is 3.43. The first-order valence-electron chi connectivity index (χ1n) is 7.35. The molecule has 0 bridgehead atoms. The molecule has 3 rings (SSSR count). The normalized spacial score (nSPS) is 30.0. The van der Waals surface area contributed by atoms with E-state index < -0.39 is 30.5 Å². The lowest BCUT2D eigenvalue weighted by molar-refractivity contribution is -0.227. The lowest BCUT2D eigenvalue weighted by atomic mass is 9.86. The molecule has 0 spiro atoms. The molecule has 0 aromatic heterocycles. The molecule has 0 aromatic rings. The summed E-state index contributed by atoms with van der Waals surface area (Å²) in [6, 6.07) is 0. The van der Waals surface area contributed by atoms with Gasteiger partial charge < -0.3 is 10.0 Å². The first kappa shape index (κ1) is 14.7. The van der Waals surface area contributed by atoms with E-state index in [4.69, 9.17) is 5.11 Å². The number of hydrogen-bond donors (Lipinski definition) is 1. The molecule has 1 saturated heterocycles. The van der Waals surface area contributed by atoms with E-state index >= 15 is 0 Å². The number of alkyl halides is 3. The second-order valence-corrected chi connectivity index (χ2v) is 6.60. The monoisotopic (exact) mass is 305 g/mol. The summed E-state index contributed by atoms with van der Waals surface area (Å²) in [7, 11) is 0. The van der Waals surface area contributed by atoms with Gasteiger partial charge in [-0.15, -0.1) is 0 Å². The molecule has 2 saturated carbocycles. The Balaban J connectivity index is 1.76. The number of halogens is 3. The van der Waals surface area contributed by atoms with Crippen molar-refractivity contribution in [3.63, 3.8) is 0 Å². The summed E-state index contributed by atoms with van der Waals surface area (Å²) in [4.78, 5) is 24.8. The van der Waals surface area contributed by atoms with Gasteiger partial charge in [0.1, 0.15) is 0 Å². The molecule has 118 valence electrons. The highest BCUT2D eigenvalue weighted by molar-refractivity contribution is 5.83. The molecule has 4 nitrogen and oxygen atoms in total. The number of likely N-dealkylation sites (tertiary alicyclic amines) is 1. The van der Waals surface area contributed by atoms with Crippen LogP contribution >= 0.6 is 0 Å². The Morgan fingerprint density at radius 3 is 2.00 bits per heavy atom. The molecule has 1 atom stereocenters. The smallest absolute Gasteiger partial charge is 0.406 e. The van der Waals surface area contributed by atoms with E-state index in [-0.39, 0.29) is 18.4 Å². The van der Waals surface area contributed by atoms with E-state index in [1.807, 2.05) is 0 Å². The van der Waals surface area contributed by atoms with Crippen LogP contribution in [0.4, 0.5) is 13.2 Å². The van der Waals surface area contributed by atoms with Crippen LogP contribution in [0.3, 0.4) is 0 Å². The number of carboxylic acid groups (broad SMARTS) is 1. The van der Waals surface area contributed by atoms with Crippen molar-refractivity contribution in [3.05, 3.63) is 0 Å². The van der Waals surface area contributed by atoms with Crippen molar-refractivity contribution >= 4 is 11.9 Å². The van der Waals surface area contributed by atoms with Crippen molar-refractivity contribution in [3.8, 4) is 0 Å². The van der Waals surface area contributed by atoms with Gasteiger partial charge in [0, 0.05) is 19.0 Å². The fraction of sp³-hybridized carbons (Fsp3) is 0.857. The van der Waals surface area contributed by atoms with E-state index in [9.17, 15) is 22.8 Å². The Labute approximate surface area is 120 Å². The minimum absolute atomic E-state index is 0.111. The van der Waals surface area contributed by atoms with Crippen LogP contribution < -0.4 is 0 Å². The Morgan fingerprint density at radius 1 is 1.14 bits per heavy atom. The van der Waals surface area contributed by atoms with Gasteiger partial charge in [0.2, 0.25) is 5.91 Å². The van der Waals surface area contributed by atoms with Crippen LogP contribution in [0, 0.1) is 23.2 Å². The summed E-state index contributed by atoms with van der Waals surface area (Å²) in [6.07, 6.45) is -1.52. The summed E-state index contributed by atoms with van der Waals surface area (Å²) in [5.41, 5.74) is -2.79. The maximum atomic E-state index is 13.1.